The van der Waals surface area contributed by atoms with Crippen LogP contribution in [-0.4, -0.2) is 53.7 Å². The largest absolute Gasteiger partial charge is 0.454 e. The fourth-order valence-electron chi connectivity index (χ4n) is 2.28. The first-order chi connectivity index (χ1) is 10.3. The van der Waals surface area contributed by atoms with Crippen LogP contribution in [0, 0.1) is 0 Å². The summed E-state index contributed by atoms with van der Waals surface area (Å²) >= 11 is 0. The Morgan fingerprint density at radius 2 is 1.86 bits per heavy atom. The van der Waals surface area contributed by atoms with Crippen LogP contribution < -0.4 is 5.32 Å². The molecular weight excluding hydrogens is 288 g/mol. The predicted octanol–water partition coefficient (Wildman–Crippen LogP) is 1.21. The molecule has 2 aliphatic rings. The van der Waals surface area contributed by atoms with Gasteiger partial charge in [-0.05, 0) is 46.5 Å². The van der Waals surface area contributed by atoms with Crippen molar-refractivity contribution in [1.82, 2.24) is 10.2 Å². The van der Waals surface area contributed by atoms with Gasteiger partial charge < -0.3 is 14.8 Å². The van der Waals surface area contributed by atoms with Gasteiger partial charge in [-0.2, -0.15) is 0 Å². The second-order valence-electron chi connectivity index (χ2n) is 6.78. The molecule has 0 aromatic heterocycles. The molecule has 0 bridgehead atoms. The molecule has 1 aliphatic carbocycles. The smallest absolute Gasteiger partial charge is 0.411 e. The van der Waals surface area contributed by atoms with Crippen molar-refractivity contribution >= 4 is 18.0 Å². The third kappa shape index (κ3) is 4.89. The monoisotopic (exact) mass is 312 g/mol. The van der Waals surface area contributed by atoms with Gasteiger partial charge in [0, 0.05) is 12.6 Å². The molecule has 1 aliphatic heterocycles. The lowest BCUT2D eigenvalue weighted by molar-refractivity contribution is -0.152. The number of carbonyl (C=O) groups excluding carboxylic acids is 3. The average molecular weight is 312 g/mol. The van der Waals surface area contributed by atoms with E-state index in [0.29, 0.717) is 19.4 Å². The van der Waals surface area contributed by atoms with Crippen molar-refractivity contribution < 1.29 is 23.9 Å². The Kier molecular flexibility index (Phi) is 4.93. The number of amides is 2. The highest BCUT2D eigenvalue weighted by Gasteiger charge is 2.38. The van der Waals surface area contributed by atoms with Crippen LogP contribution in [0.5, 0.6) is 0 Å². The molecule has 0 aromatic rings. The first kappa shape index (κ1) is 16.6. The van der Waals surface area contributed by atoms with Crippen molar-refractivity contribution in [1.29, 1.82) is 0 Å². The van der Waals surface area contributed by atoms with E-state index in [2.05, 4.69) is 5.32 Å². The summed E-state index contributed by atoms with van der Waals surface area (Å²) in [5, 5.41) is 2.74. The Labute approximate surface area is 130 Å². The van der Waals surface area contributed by atoms with Crippen LogP contribution in [-0.2, 0) is 19.1 Å². The summed E-state index contributed by atoms with van der Waals surface area (Å²) in [6.07, 6.45) is 2.69. The summed E-state index contributed by atoms with van der Waals surface area (Å²) in [7, 11) is 0. The molecule has 0 aromatic carbocycles. The minimum Gasteiger partial charge on any atom is -0.454 e. The summed E-state index contributed by atoms with van der Waals surface area (Å²) in [5.74, 6) is -0.841. The van der Waals surface area contributed by atoms with Crippen molar-refractivity contribution in [3.63, 3.8) is 0 Å². The first-order valence-corrected chi connectivity index (χ1v) is 7.72. The lowest BCUT2D eigenvalue weighted by atomic mass is 10.2. The maximum Gasteiger partial charge on any atom is 0.411 e. The normalized spacial score (nSPS) is 21.4. The van der Waals surface area contributed by atoms with Gasteiger partial charge >= 0.3 is 12.1 Å². The first-order valence-electron chi connectivity index (χ1n) is 7.72. The third-order valence-corrected chi connectivity index (χ3v) is 3.44. The highest BCUT2D eigenvalue weighted by molar-refractivity contribution is 5.85. The van der Waals surface area contributed by atoms with E-state index in [4.69, 9.17) is 9.47 Å². The van der Waals surface area contributed by atoms with E-state index < -0.39 is 23.7 Å². The molecule has 2 rings (SSSR count). The van der Waals surface area contributed by atoms with E-state index >= 15 is 0 Å². The fourth-order valence-corrected chi connectivity index (χ4v) is 2.28. The molecular formula is C15H24N2O5. The van der Waals surface area contributed by atoms with Gasteiger partial charge in [0.25, 0.3) is 5.91 Å². The van der Waals surface area contributed by atoms with Gasteiger partial charge in [0.05, 0.1) is 0 Å². The fraction of sp³-hybridized carbons (Fsp3) is 0.800. The quantitative estimate of drug-likeness (QED) is 0.789. The second-order valence-corrected chi connectivity index (χ2v) is 6.78. The lowest BCUT2D eigenvalue weighted by Gasteiger charge is -2.27. The van der Waals surface area contributed by atoms with Crippen LogP contribution >= 0.6 is 0 Å². The summed E-state index contributed by atoms with van der Waals surface area (Å²) < 4.78 is 10.3. The maximum absolute atomic E-state index is 12.1. The highest BCUT2D eigenvalue weighted by Crippen LogP contribution is 2.22. The van der Waals surface area contributed by atoms with Gasteiger partial charge in [0.2, 0.25) is 0 Å². The number of nitrogens with one attached hydrogen (secondary N) is 1. The Hall–Kier alpha value is -1.79. The predicted molar refractivity (Wildman–Crippen MR) is 78.1 cm³/mol. The molecule has 2 fully saturated rings. The molecule has 1 N–H and O–H groups in total. The Morgan fingerprint density at radius 1 is 1.18 bits per heavy atom. The number of rotatable bonds is 4. The van der Waals surface area contributed by atoms with E-state index in [1.54, 1.807) is 20.8 Å². The molecule has 1 atom stereocenters. The van der Waals surface area contributed by atoms with Crippen molar-refractivity contribution in [3.05, 3.63) is 0 Å². The molecule has 0 spiro atoms. The molecule has 124 valence electrons. The molecule has 1 saturated heterocycles. The van der Waals surface area contributed by atoms with E-state index in [1.165, 1.54) is 4.90 Å². The molecule has 2 amide bonds. The molecule has 0 unspecified atom stereocenters. The van der Waals surface area contributed by atoms with Crippen LogP contribution in [0.3, 0.4) is 0 Å². The average Bonchev–Trinajstić information content (AvgIpc) is 3.06. The van der Waals surface area contributed by atoms with Crippen LogP contribution in [0.15, 0.2) is 0 Å². The van der Waals surface area contributed by atoms with Crippen LogP contribution in [0.4, 0.5) is 4.79 Å². The third-order valence-electron chi connectivity index (χ3n) is 3.44. The number of hydrogen-bond acceptors (Lipinski definition) is 5. The zero-order chi connectivity index (χ0) is 16.3. The van der Waals surface area contributed by atoms with Gasteiger partial charge in [0.1, 0.15) is 11.6 Å². The van der Waals surface area contributed by atoms with E-state index in [1.807, 2.05) is 0 Å². The Morgan fingerprint density at radius 3 is 2.45 bits per heavy atom. The van der Waals surface area contributed by atoms with Crippen LogP contribution in [0.2, 0.25) is 0 Å². The van der Waals surface area contributed by atoms with Crippen molar-refractivity contribution in [2.24, 2.45) is 0 Å². The zero-order valence-electron chi connectivity index (χ0n) is 13.4. The maximum atomic E-state index is 12.1. The van der Waals surface area contributed by atoms with Crippen molar-refractivity contribution in [2.45, 2.75) is 64.1 Å². The number of hydrogen-bond donors (Lipinski definition) is 1. The van der Waals surface area contributed by atoms with E-state index in [0.717, 1.165) is 12.8 Å². The summed E-state index contributed by atoms with van der Waals surface area (Å²) in [5.41, 5.74) is -0.613. The van der Waals surface area contributed by atoms with Gasteiger partial charge in [-0.15, -0.1) is 0 Å². The van der Waals surface area contributed by atoms with Gasteiger partial charge in [-0.25, -0.2) is 9.59 Å². The lowest BCUT2D eigenvalue weighted by Crippen LogP contribution is -2.44. The van der Waals surface area contributed by atoms with Gasteiger partial charge in [0.15, 0.2) is 6.61 Å². The SMILES string of the molecule is CC(C)(C)OC(=O)N1CCC[C@H]1C(=O)OCC(=O)NC1CC1. The number of likely N-dealkylation sites (tertiary alicyclic amines) is 1. The Bertz CT molecular complexity index is 453. The van der Waals surface area contributed by atoms with Crippen molar-refractivity contribution in [2.75, 3.05) is 13.2 Å². The van der Waals surface area contributed by atoms with Crippen LogP contribution in [0.25, 0.3) is 0 Å². The molecule has 0 radical (unpaired) electrons. The minimum absolute atomic E-state index is 0.232. The van der Waals surface area contributed by atoms with Gasteiger partial charge in [-0.3, -0.25) is 9.69 Å². The number of carbonyl (C=O) groups is 3. The Balaban J connectivity index is 1.82. The zero-order valence-corrected chi connectivity index (χ0v) is 13.4. The minimum atomic E-state index is -0.663. The molecule has 22 heavy (non-hydrogen) atoms. The van der Waals surface area contributed by atoms with Gasteiger partial charge in [-0.1, -0.05) is 0 Å². The highest BCUT2D eigenvalue weighted by atomic mass is 16.6. The number of esters is 1. The van der Waals surface area contributed by atoms with E-state index in [9.17, 15) is 14.4 Å². The topological polar surface area (TPSA) is 84.9 Å². The van der Waals surface area contributed by atoms with Crippen molar-refractivity contribution in [3.8, 4) is 0 Å². The molecule has 1 saturated carbocycles. The summed E-state index contributed by atoms with van der Waals surface area (Å²) in [6, 6.07) is -0.431. The van der Waals surface area contributed by atoms with Crippen LogP contribution in [0.1, 0.15) is 46.5 Å². The van der Waals surface area contributed by atoms with E-state index in [-0.39, 0.29) is 18.6 Å². The number of ether oxygens (including phenoxy) is 2. The molecule has 1 heterocycles. The standard InChI is InChI=1S/C15H24N2O5/c1-15(2,3)22-14(20)17-8-4-5-11(17)13(19)21-9-12(18)16-10-6-7-10/h10-11H,4-9H2,1-3H3,(H,16,18)/t11-/m0/s1. The summed E-state index contributed by atoms with van der Waals surface area (Å²) in [4.78, 5) is 37.1. The second kappa shape index (κ2) is 6.54. The number of nitrogens with zero attached hydrogens (tertiary/aromatic N) is 1. The summed E-state index contributed by atoms with van der Waals surface area (Å²) in [6.45, 7) is 5.49. The molecule has 7 nitrogen and oxygen atoms in total. The molecule has 7 heteroatoms.